The van der Waals surface area contributed by atoms with Crippen molar-refractivity contribution in [2.24, 2.45) is 4.99 Å². The summed E-state index contributed by atoms with van der Waals surface area (Å²) in [5.74, 6) is 0.797. The number of piperidine rings is 1. The van der Waals surface area contributed by atoms with E-state index in [2.05, 4.69) is 21.9 Å². The van der Waals surface area contributed by atoms with Crippen LogP contribution in [0.2, 0.25) is 0 Å². The molecule has 0 aromatic carbocycles. The van der Waals surface area contributed by atoms with Gasteiger partial charge in [-0.15, -0.1) is 24.0 Å². The summed E-state index contributed by atoms with van der Waals surface area (Å²) in [6.45, 7) is 9.58. The van der Waals surface area contributed by atoms with E-state index in [1.807, 2.05) is 32.5 Å². The zero-order chi connectivity index (χ0) is 19.9. The standard InChI is InChI=1S/C19H36N4O3S.HI/c1-18(2,3)26-17(24)23-10-6-7-15(13-23)22-16(20-4)21-14-19(27-5)8-11-25-12-9-19;/h15H,6-14H2,1-5H3,(H2,20,21,22);1H. The Morgan fingerprint density at radius 2 is 2.04 bits per heavy atom. The smallest absolute Gasteiger partial charge is 0.410 e. The van der Waals surface area contributed by atoms with Crippen molar-refractivity contribution in [1.29, 1.82) is 0 Å². The summed E-state index contributed by atoms with van der Waals surface area (Å²) in [5.41, 5.74) is -0.467. The van der Waals surface area contributed by atoms with Crippen molar-refractivity contribution in [1.82, 2.24) is 15.5 Å². The number of aliphatic imine (C=N–C) groups is 1. The summed E-state index contributed by atoms with van der Waals surface area (Å²) in [7, 11) is 1.79. The van der Waals surface area contributed by atoms with Crippen LogP contribution in [0.3, 0.4) is 0 Å². The summed E-state index contributed by atoms with van der Waals surface area (Å²) in [6, 6.07) is 0.178. The Bertz CT molecular complexity index is 522. The van der Waals surface area contributed by atoms with Gasteiger partial charge in [-0.25, -0.2) is 4.79 Å². The fourth-order valence-electron chi connectivity index (χ4n) is 3.42. The van der Waals surface area contributed by atoms with Gasteiger partial charge in [0.05, 0.1) is 0 Å². The summed E-state index contributed by atoms with van der Waals surface area (Å²) >= 11 is 1.91. The van der Waals surface area contributed by atoms with Gasteiger partial charge in [0.15, 0.2) is 5.96 Å². The largest absolute Gasteiger partial charge is 0.444 e. The highest BCUT2D eigenvalue weighted by molar-refractivity contribution is 14.0. The average molecular weight is 529 g/mol. The lowest BCUT2D eigenvalue weighted by atomic mass is 9.99. The van der Waals surface area contributed by atoms with Crippen LogP contribution in [0.15, 0.2) is 4.99 Å². The number of rotatable bonds is 4. The highest BCUT2D eigenvalue weighted by atomic mass is 127. The number of thioether (sulfide) groups is 1. The number of guanidine groups is 1. The van der Waals surface area contributed by atoms with Gasteiger partial charge in [-0.3, -0.25) is 4.99 Å². The van der Waals surface area contributed by atoms with E-state index < -0.39 is 5.60 Å². The van der Waals surface area contributed by atoms with Gasteiger partial charge in [-0.05, 0) is 52.7 Å². The van der Waals surface area contributed by atoms with E-state index in [1.54, 1.807) is 11.9 Å². The van der Waals surface area contributed by atoms with E-state index in [0.29, 0.717) is 6.54 Å². The minimum absolute atomic E-state index is 0. The van der Waals surface area contributed by atoms with E-state index in [-0.39, 0.29) is 40.9 Å². The van der Waals surface area contributed by atoms with E-state index in [0.717, 1.165) is 57.9 Å². The molecule has 2 rings (SSSR count). The van der Waals surface area contributed by atoms with Gasteiger partial charge in [-0.1, -0.05) is 0 Å². The van der Waals surface area contributed by atoms with Crippen LogP contribution in [0, 0.1) is 0 Å². The van der Waals surface area contributed by atoms with Gasteiger partial charge in [0, 0.05) is 50.7 Å². The molecule has 0 saturated carbocycles. The van der Waals surface area contributed by atoms with Crippen molar-refractivity contribution in [2.45, 2.75) is 62.8 Å². The Balaban J connectivity index is 0.00000392. The normalized spacial score (nSPS) is 22.8. The molecule has 2 saturated heterocycles. The first kappa shape index (κ1) is 25.6. The first-order chi connectivity index (χ1) is 12.8. The Hall–Kier alpha value is -0.420. The van der Waals surface area contributed by atoms with Gasteiger partial charge in [0.2, 0.25) is 0 Å². The fourth-order valence-corrected chi connectivity index (χ4v) is 4.21. The van der Waals surface area contributed by atoms with Crippen molar-refractivity contribution in [3.63, 3.8) is 0 Å². The first-order valence-electron chi connectivity index (χ1n) is 9.85. The predicted octanol–water partition coefficient (Wildman–Crippen LogP) is 3.08. The molecule has 0 aromatic heterocycles. The molecule has 0 aliphatic carbocycles. The van der Waals surface area contributed by atoms with Crippen molar-refractivity contribution in [2.75, 3.05) is 46.2 Å². The molecule has 2 fully saturated rings. The lowest BCUT2D eigenvalue weighted by molar-refractivity contribution is 0.0193. The summed E-state index contributed by atoms with van der Waals surface area (Å²) in [5, 5.41) is 6.97. The number of hydrogen-bond acceptors (Lipinski definition) is 5. The number of ether oxygens (including phenoxy) is 2. The number of carbonyl (C=O) groups is 1. The van der Waals surface area contributed by atoms with Gasteiger partial charge >= 0.3 is 6.09 Å². The van der Waals surface area contributed by atoms with E-state index in [4.69, 9.17) is 9.47 Å². The van der Waals surface area contributed by atoms with Crippen LogP contribution in [-0.2, 0) is 9.47 Å². The first-order valence-corrected chi connectivity index (χ1v) is 11.1. The second kappa shape index (κ2) is 11.7. The van der Waals surface area contributed by atoms with Gasteiger partial charge < -0.3 is 25.0 Å². The van der Waals surface area contributed by atoms with Crippen LogP contribution in [0.25, 0.3) is 0 Å². The molecule has 2 N–H and O–H groups in total. The number of carbonyl (C=O) groups excluding carboxylic acids is 1. The molecule has 7 nitrogen and oxygen atoms in total. The predicted molar refractivity (Wildman–Crippen MR) is 127 cm³/mol. The Morgan fingerprint density at radius 3 is 2.61 bits per heavy atom. The number of amides is 1. The summed E-state index contributed by atoms with van der Waals surface area (Å²) in [6.07, 6.45) is 6.01. The zero-order valence-corrected chi connectivity index (χ0v) is 21.0. The lowest BCUT2D eigenvalue weighted by Crippen LogP contribution is -2.55. The zero-order valence-electron chi connectivity index (χ0n) is 17.9. The second-order valence-corrected chi connectivity index (χ2v) is 9.61. The summed E-state index contributed by atoms with van der Waals surface area (Å²) < 4.78 is 11.2. The molecule has 1 amide bonds. The van der Waals surface area contributed by atoms with Crippen LogP contribution < -0.4 is 10.6 Å². The molecular formula is C19H37IN4O3S. The number of hydrogen-bond donors (Lipinski definition) is 2. The number of halogens is 1. The minimum Gasteiger partial charge on any atom is -0.444 e. The Morgan fingerprint density at radius 1 is 1.36 bits per heavy atom. The molecule has 0 aromatic rings. The Kier molecular flexibility index (Phi) is 10.7. The molecule has 2 heterocycles. The third-order valence-corrected chi connectivity index (χ3v) is 6.47. The van der Waals surface area contributed by atoms with Crippen LogP contribution in [0.4, 0.5) is 4.79 Å². The molecule has 0 spiro atoms. The maximum absolute atomic E-state index is 12.3. The fraction of sp³-hybridized carbons (Fsp3) is 0.895. The van der Waals surface area contributed by atoms with E-state index in [9.17, 15) is 4.79 Å². The van der Waals surface area contributed by atoms with Crippen molar-refractivity contribution >= 4 is 47.8 Å². The summed E-state index contributed by atoms with van der Waals surface area (Å²) in [4.78, 5) is 18.5. The van der Waals surface area contributed by atoms with Crippen molar-refractivity contribution < 1.29 is 14.3 Å². The molecule has 1 atom stereocenters. The highest BCUT2D eigenvalue weighted by Gasteiger charge is 2.32. The molecule has 1 unspecified atom stereocenters. The van der Waals surface area contributed by atoms with Gasteiger partial charge in [0.25, 0.3) is 0 Å². The molecule has 0 radical (unpaired) electrons. The topological polar surface area (TPSA) is 75.2 Å². The second-order valence-electron chi connectivity index (χ2n) is 8.34. The number of nitrogens with zero attached hydrogens (tertiary/aromatic N) is 2. The van der Waals surface area contributed by atoms with Gasteiger partial charge in [-0.2, -0.15) is 11.8 Å². The number of likely N-dealkylation sites (tertiary alicyclic amines) is 1. The molecule has 0 bridgehead atoms. The number of nitrogens with one attached hydrogen (secondary N) is 2. The maximum atomic E-state index is 12.3. The average Bonchev–Trinajstić information content (AvgIpc) is 2.64. The third kappa shape index (κ3) is 8.14. The molecular weight excluding hydrogens is 491 g/mol. The van der Waals surface area contributed by atoms with Crippen LogP contribution in [0.1, 0.15) is 46.5 Å². The van der Waals surface area contributed by atoms with Crippen LogP contribution in [-0.4, -0.2) is 79.5 Å². The molecule has 28 heavy (non-hydrogen) atoms. The highest BCUT2D eigenvalue weighted by Crippen LogP contribution is 2.32. The van der Waals surface area contributed by atoms with E-state index >= 15 is 0 Å². The minimum atomic E-state index is -0.467. The SMILES string of the molecule is CN=C(NCC1(SC)CCOCC1)NC1CCCN(C(=O)OC(C)(C)C)C1.I. The molecule has 2 aliphatic heterocycles. The van der Waals surface area contributed by atoms with Gasteiger partial charge in [0.1, 0.15) is 5.60 Å². The monoisotopic (exact) mass is 528 g/mol. The molecule has 2 aliphatic rings. The van der Waals surface area contributed by atoms with E-state index in [1.165, 1.54) is 0 Å². The maximum Gasteiger partial charge on any atom is 0.410 e. The molecule has 9 heteroatoms. The lowest BCUT2D eigenvalue weighted by Gasteiger charge is -2.37. The quantitative estimate of drug-likeness (QED) is 0.332. The third-order valence-electron chi connectivity index (χ3n) is 5.05. The molecule has 164 valence electrons. The van der Waals surface area contributed by atoms with Crippen molar-refractivity contribution in [3.8, 4) is 0 Å². The van der Waals surface area contributed by atoms with Crippen LogP contribution >= 0.6 is 35.7 Å². The Labute approximate surface area is 191 Å². The van der Waals surface area contributed by atoms with Crippen LogP contribution in [0.5, 0.6) is 0 Å². The van der Waals surface area contributed by atoms with Crippen molar-refractivity contribution in [3.05, 3.63) is 0 Å².